The number of alkyl halides is 6. The predicted octanol–water partition coefficient (Wildman–Crippen LogP) is 2.93. The van der Waals surface area contributed by atoms with Gasteiger partial charge in [0.25, 0.3) is 0 Å². The smallest absolute Gasteiger partial charge is 0.347 e. The van der Waals surface area contributed by atoms with Crippen molar-refractivity contribution in [2.24, 2.45) is 0 Å². The first-order valence-corrected chi connectivity index (χ1v) is 5.07. The molecule has 0 aromatic heterocycles. The highest BCUT2D eigenvalue weighted by Crippen LogP contribution is 2.29. The standard InChI is InChI=1S/C11H9F6NO/c12-10(13,14)6-18-9(19)5-7-2-1-3-8(4-7)11(15,16)17/h1-4H,5-6H2,(H,18,19). The van der Waals surface area contributed by atoms with Crippen molar-refractivity contribution in [3.63, 3.8) is 0 Å². The van der Waals surface area contributed by atoms with Crippen LogP contribution in [0.3, 0.4) is 0 Å². The van der Waals surface area contributed by atoms with Crippen LogP contribution >= 0.6 is 0 Å². The maximum absolute atomic E-state index is 12.4. The number of rotatable bonds is 3. The summed E-state index contributed by atoms with van der Waals surface area (Å²) < 4.78 is 72.5. The molecule has 0 aliphatic carbocycles. The van der Waals surface area contributed by atoms with Gasteiger partial charge < -0.3 is 5.32 Å². The molecule has 1 aromatic rings. The second kappa shape index (κ2) is 5.50. The third-order valence-corrected chi connectivity index (χ3v) is 2.10. The van der Waals surface area contributed by atoms with E-state index in [1.165, 1.54) is 6.07 Å². The number of amides is 1. The molecule has 0 bridgehead atoms. The van der Waals surface area contributed by atoms with Crippen molar-refractivity contribution in [3.05, 3.63) is 35.4 Å². The molecular weight excluding hydrogens is 276 g/mol. The highest BCUT2D eigenvalue weighted by atomic mass is 19.4. The first-order valence-electron chi connectivity index (χ1n) is 5.07. The van der Waals surface area contributed by atoms with Gasteiger partial charge in [0, 0.05) is 0 Å². The molecule has 0 saturated heterocycles. The maximum Gasteiger partial charge on any atom is 0.416 e. The number of carbonyl (C=O) groups is 1. The summed E-state index contributed by atoms with van der Waals surface area (Å²) in [6, 6.07) is 3.88. The zero-order valence-electron chi connectivity index (χ0n) is 9.40. The number of hydrogen-bond acceptors (Lipinski definition) is 1. The van der Waals surface area contributed by atoms with Gasteiger partial charge in [-0.1, -0.05) is 18.2 Å². The molecule has 0 spiro atoms. The SMILES string of the molecule is O=C(Cc1cccc(C(F)(F)F)c1)NCC(F)(F)F. The Bertz CT molecular complexity index is 451. The molecule has 0 atom stereocenters. The molecule has 0 radical (unpaired) electrons. The Hall–Kier alpha value is -1.73. The molecule has 1 rings (SSSR count). The van der Waals surface area contributed by atoms with Crippen LogP contribution in [0.2, 0.25) is 0 Å². The summed E-state index contributed by atoms with van der Waals surface area (Å²) in [6.45, 7) is -1.51. The van der Waals surface area contributed by atoms with Crippen molar-refractivity contribution in [2.75, 3.05) is 6.54 Å². The Morgan fingerprint density at radius 2 is 1.74 bits per heavy atom. The van der Waals surface area contributed by atoms with Crippen LogP contribution < -0.4 is 5.32 Å². The Morgan fingerprint density at radius 3 is 2.26 bits per heavy atom. The normalized spacial score (nSPS) is 12.3. The van der Waals surface area contributed by atoms with Crippen LogP contribution in [0.5, 0.6) is 0 Å². The Labute approximate surface area is 104 Å². The molecule has 19 heavy (non-hydrogen) atoms. The molecular formula is C11H9F6NO. The van der Waals surface area contributed by atoms with Crippen LogP contribution in [0, 0.1) is 0 Å². The van der Waals surface area contributed by atoms with Crippen LogP contribution in [0.25, 0.3) is 0 Å². The van der Waals surface area contributed by atoms with Crippen LogP contribution in [0.4, 0.5) is 26.3 Å². The van der Waals surface area contributed by atoms with Crippen molar-refractivity contribution in [1.29, 1.82) is 0 Å². The fourth-order valence-corrected chi connectivity index (χ4v) is 1.30. The largest absolute Gasteiger partial charge is 0.416 e. The second-order valence-corrected chi connectivity index (χ2v) is 3.77. The number of benzene rings is 1. The molecule has 0 aliphatic rings. The lowest BCUT2D eigenvalue weighted by molar-refractivity contribution is -0.138. The molecule has 1 amide bonds. The Balaban J connectivity index is 2.65. The minimum atomic E-state index is -4.56. The maximum atomic E-state index is 12.4. The summed E-state index contributed by atoms with van der Waals surface area (Å²) in [6.07, 6.45) is -9.65. The van der Waals surface area contributed by atoms with E-state index in [0.29, 0.717) is 0 Å². The van der Waals surface area contributed by atoms with Crippen LogP contribution in [-0.2, 0) is 17.4 Å². The summed E-state index contributed by atoms with van der Waals surface area (Å²) in [4.78, 5) is 11.1. The zero-order valence-corrected chi connectivity index (χ0v) is 9.40. The molecule has 0 unspecified atom stereocenters. The quantitative estimate of drug-likeness (QED) is 0.850. The van der Waals surface area contributed by atoms with Gasteiger partial charge in [-0.3, -0.25) is 4.79 Å². The molecule has 1 aromatic carbocycles. The molecule has 0 aliphatic heterocycles. The summed E-state index contributed by atoms with van der Waals surface area (Å²) in [5.41, 5.74) is -0.955. The molecule has 106 valence electrons. The van der Waals surface area contributed by atoms with Gasteiger partial charge in [0.1, 0.15) is 6.54 Å². The summed E-state index contributed by atoms with van der Waals surface area (Å²) in [5.74, 6) is -0.989. The highest BCUT2D eigenvalue weighted by molar-refractivity contribution is 5.78. The van der Waals surface area contributed by atoms with E-state index in [1.54, 1.807) is 5.32 Å². The number of nitrogens with one attached hydrogen (secondary N) is 1. The second-order valence-electron chi connectivity index (χ2n) is 3.77. The fourth-order valence-electron chi connectivity index (χ4n) is 1.30. The van der Waals surface area contributed by atoms with Gasteiger partial charge >= 0.3 is 12.4 Å². The van der Waals surface area contributed by atoms with Gasteiger partial charge in [-0.15, -0.1) is 0 Å². The van der Waals surface area contributed by atoms with Crippen molar-refractivity contribution in [1.82, 2.24) is 5.32 Å². The molecule has 8 heteroatoms. The monoisotopic (exact) mass is 285 g/mol. The lowest BCUT2D eigenvalue weighted by atomic mass is 10.1. The summed E-state index contributed by atoms with van der Waals surface area (Å²) in [5, 5.41) is 1.58. The molecule has 2 nitrogen and oxygen atoms in total. The van der Waals surface area contributed by atoms with E-state index in [-0.39, 0.29) is 5.56 Å². The number of carbonyl (C=O) groups excluding carboxylic acids is 1. The lowest BCUT2D eigenvalue weighted by Crippen LogP contribution is -2.34. The van der Waals surface area contributed by atoms with E-state index >= 15 is 0 Å². The van der Waals surface area contributed by atoms with E-state index in [4.69, 9.17) is 0 Å². The van der Waals surface area contributed by atoms with Crippen molar-refractivity contribution < 1.29 is 31.1 Å². The molecule has 1 N–H and O–H groups in total. The average Bonchev–Trinajstić information content (AvgIpc) is 2.25. The molecule has 0 heterocycles. The average molecular weight is 285 g/mol. The van der Waals surface area contributed by atoms with E-state index in [1.807, 2.05) is 0 Å². The van der Waals surface area contributed by atoms with Gasteiger partial charge in [0.05, 0.1) is 12.0 Å². The number of hydrogen-bond donors (Lipinski definition) is 1. The highest BCUT2D eigenvalue weighted by Gasteiger charge is 2.31. The van der Waals surface area contributed by atoms with Gasteiger partial charge in [-0.05, 0) is 11.6 Å². The third-order valence-electron chi connectivity index (χ3n) is 2.10. The zero-order chi connectivity index (χ0) is 14.7. The van der Waals surface area contributed by atoms with E-state index in [9.17, 15) is 31.1 Å². The van der Waals surface area contributed by atoms with Crippen LogP contribution in [0.15, 0.2) is 24.3 Å². The van der Waals surface area contributed by atoms with E-state index < -0.39 is 36.8 Å². The fraction of sp³-hybridized carbons (Fsp3) is 0.364. The molecule has 0 saturated carbocycles. The first-order chi connectivity index (χ1) is 8.58. The van der Waals surface area contributed by atoms with Gasteiger partial charge in [-0.2, -0.15) is 26.3 Å². The van der Waals surface area contributed by atoms with E-state index in [2.05, 4.69) is 0 Å². The van der Waals surface area contributed by atoms with Gasteiger partial charge in [-0.25, -0.2) is 0 Å². The van der Waals surface area contributed by atoms with Crippen LogP contribution in [-0.4, -0.2) is 18.6 Å². The van der Waals surface area contributed by atoms with Crippen molar-refractivity contribution in [3.8, 4) is 0 Å². The number of halogens is 6. The van der Waals surface area contributed by atoms with Gasteiger partial charge in [0.2, 0.25) is 5.91 Å². The van der Waals surface area contributed by atoms with Crippen molar-refractivity contribution >= 4 is 5.91 Å². The first kappa shape index (κ1) is 15.3. The Morgan fingerprint density at radius 1 is 1.11 bits per heavy atom. The Kier molecular flexibility index (Phi) is 4.43. The summed E-state index contributed by atoms with van der Waals surface area (Å²) >= 11 is 0. The molecule has 0 fully saturated rings. The minimum absolute atomic E-state index is 0.00509. The topological polar surface area (TPSA) is 29.1 Å². The van der Waals surface area contributed by atoms with Crippen molar-refractivity contribution in [2.45, 2.75) is 18.8 Å². The lowest BCUT2D eigenvalue weighted by Gasteiger charge is -2.10. The minimum Gasteiger partial charge on any atom is -0.347 e. The van der Waals surface area contributed by atoms with Crippen LogP contribution in [0.1, 0.15) is 11.1 Å². The predicted molar refractivity (Wildman–Crippen MR) is 54.2 cm³/mol. The third kappa shape index (κ3) is 5.62. The summed E-state index contributed by atoms with van der Waals surface area (Å²) in [7, 11) is 0. The van der Waals surface area contributed by atoms with E-state index in [0.717, 1.165) is 18.2 Å². The van der Waals surface area contributed by atoms with Gasteiger partial charge in [0.15, 0.2) is 0 Å².